The fraction of sp³-hybridized carbons (Fsp3) is 0. The molecule has 0 amide bonds. The van der Waals surface area contributed by atoms with Gasteiger partial charge in [0, 0.05) is 6.07 Å². The average molecular weight is 350 g/mol. The van der Waals surface area contributed by atoms with Crippen molar-refractivity contribution >= 4 is 46.3 Å². The molecule has 21 heavy (non-hydrogen) atoms. The number of benzene rings is 1. The van der Waals surface area contributed by atoms with Gasteiger partial charge in [0.05, 0.1) is 15.0 Å². The Morgan fingerprint density at radius 1 is 1.24 bits per heavy atom. The van der Waals surface area contributed by atoms with Crippen molar-refractivity contribution in [2.45, 2.75) is 0 Å². The molecule has 0 radical (unpaired) electrons. The molecule has 0 bridgehead atoms. The fourth-order valence-electron chi connectivity index (χ4n) is 1.46. The number of nitrogens with two attached hydrogens (primary N) is 1. The van der Waals surface area contributed by atoms with Crippen molar-refractivity contribution in [2.24, 2.45) is 5.84 Å². The van der Waals surface area contributed by atoms with E-state index in [1.165, 1.54) is 24.3 Å². The van der Waals surface area contributed by atoms with Gasteiger partial charge >= 0.3 is 5.69 Å². The van der Waals surface area contributed by atoms with Gasteiger partial charge in [0.25, 0.3) is 0 Å². The van der Waals surface area contributed by atoms with E-state index in [2.05, 4.69) is 10.4 Å². The van der Waals surface area contributed by atoms with E-state index in [-0.39, 0.29) is 38.2 Å². The molecule has 3 N–H and O–H groups in total. The molecular formula is C11H7Cl3N4O3. The van der Waals surface area contributed by atoms with E-state index in [4.69, 9.17) is 45.4 Å². The summed E-state index contributed by atoms with van der Waals surface area (Å²) in [6.45, 7) is 0. The van der Waals surface area contributed by atoms with Crippen LogP contribution in [0, 0.1) is 10.1 Å². The normalized spacial score (nSPS) is 10.3. The number of para-hydroxylation sites is 1. The number of ether oxygens (including phenoxy) is 1. The largest absolute Gasteiger partial charge is 0.429 e. The fourth-order valence-corrected chi connectivity index (χ4v) is 2.12. The van der Waals surface area contributed by atoms with Gasteiger partial charge in [-0.3, -0.25) is 10.1 Å². The number of nitro groups is 1. The number of pyridine rings is 1. The molecule has 0 aliphatic rings. The molecule has 0 unspecified atom stereocenters. The second-order valence-electron chi connectivity index (χ2n) is 3.70. The summed E-state index contributed by atoms with van der Waals surface area (Å²) in [5, 5.41) is 11.2. The number of nitro benzene ring substituents is 1. The Morgan fingerprint density at radius 2 is 1.95 bits per heavy atom. The summed E-state index contributed by atoms with van der Waals surface area (Å²) in [5.41, 5.74) is 1.93. The van der Waals surface area contributed by atoms with Crippen LogP contribution in [0.4, 0.5) is 11.5 Å². The molecule has 0 fully saturated rings. The van der Waals surface area contributed by atoms with E-state index < -0.39 is 4.92 Å². The van der Waals surface area contributed by atoms with Crippen LogP contribution in [0.15, 0.2) is 24.3 Å². The lowest BCUT2D eigenvalue weighted by Gasteiger charge is -2.10. The summed E-state index contributed by atoms with van der Waals surface area (Å²) in [7, 11) is 0. The third kappa shape index (κ3) is 3.27. The van der Waals surface area contributed by atoms with E-state index in [9.17, 15) is 10.1 Å². The second-order valence-corrected chi connectivity index (χ2v) is 4.92. The summed E-state index contributed by atoms with van der Waals surface area (Å²) < 4.78 is 5.36. The van der Waals surface area contributed by atoms with Crippen LogP contribution in [0.5, 0.6) is 11.6 Å². The standard InChI is InChI=1S/C11H7Cl3N4O3/c12-5-2-1-3-8(18(19)20)9(5)21-11-7(14)4-6(13)10(16-11)17-15/h1-4H,15H2,(H,16,17). The van der Waals surface area contributed by atoms with Crippen LogP contribution in [0.25, 0.3) is 0 Å². The first-order valence-corrected chi connectivity index (χ1v) is 6.51. The number of nitrogens with one attached hydrogen (secondary N) is 1. The van der Waals surface area contributed by atoms with Crippen molar-refractivity contribution in [3.05, 3.63) is 49.4 Å². The highest BCUT2D eigenvalue weighted by Crippen LogP contribution is 2.40. The Balaban J connectivity index is 2.50. The van der Waals surface area contributed by atoms with Gasteiger partial charge in [-0.15, -0.1) is 0 Å². The molecule has 7 nitrogen and oxygen atoms in total. The summed E-state index contributed by atoms with van der Waals surface area (Å²) in [6.07, 6.45) is 0. The minimum absolute atomic E-state index is 0.0410. The first kappa shape index (κ1) is 15.6. The van der Waals surface area contributed by atoms with E-state index >= 15 is 0 Å². The number of hydrogen-bond donors (Lipinski definition) is 2. The Morgan fingerprint density at radius 3 is 2.57 bits per heavy atom. The van der Waals surface area contributed by atoms with Gasteiger partial charge in [0.1, 0.15) is 5.02 Å². The first-order valence-electron chi connectivity index (χ1n) is 5.37. The summed E-state index contributed by atoms with van der Waals surface area (Å²) in [6, 6.07) is 5.45. The molecular weight excluding hydrogens is 343 g/mol. The van der Waals surface area contributed by atoms with Crippen molar-refractivity contribution in [1.82, 2.24) is 4.98 Å². The Bertz CT molecular complexity index is 711. The van der Waals surface area contributed by atoms with Crippen LogP contribution in [-0.4, -0.2) is 9.91 Å². The van der Waals surface area contributed by atoms with Gasteiger partial charge in [-0.2, -0.15) is 4.98 Å². The highest BCUT2D eigenvalue weighted by molar-refractivity contribution is 6.36. The van der Waals surface area contributed by atoms with Gasteiger partial charge in [0.2, 0.25) is 11.6 Å². The number of hydrogen-bond acceptors (Lipinski definition) is 6. The van der Waals surface area contributed by atoms with E-state index in [0.29, 0.717) is 0 Å². The molecule has 110 valence electrons. The summed E-state index contributed by atoms with van der Waals surface area (Å²) in [5.74, 6) is 5.05. The van der Waals surface area contributed by atoms with Crippen LogP contribution in [0.1, 0.15) is 0 Å². The van der Waals surface area contributed by atoms with Crippen molar-refractivity contribution in [1.29, 1.82) is 0 Å². The van der Waals surface area contributed by atoms with Crippen LogP contribution in [0.3, 0.4) is 0 Å². The Hall–Kier alpha value is -1.80. The van der Waals surface area contributed by atoms with Crippen LogP contribution < -0.4 is 16.0 Å². The molecule has 0 saturated heterocycles. The van der Waals surface area contributed by atoms with Crippen LogP contribution in [0.2, 0.25) is 15.1 Å². The lowest BCUT2D eigenvalue weighted by atomic mass is 10.3. The lowest BCUT2D eigenvalue weighted by molar-refractivity contribution is -0.385. The number of aromatic nitrogens is 1. The van der Waals surface area contributed by atoms with Crippen molar-refractivity contribution < 1.29 is 9.66 Å². The third-order valence-corrected chi connectivity index (χ3v) is 3.23. The lowest BCUT2D eigenvalue weighted by Crippen LogP contribution is -2.09. The summed E-state index contributed by atoms with van der Waals surface area (Å²) >= 11 is 17.7. The van der Waals surface area contributed by atoms with Crippen molar-refractivity contribution in [3.63, 3.8) is 0 Å². The number of anilines is 1. The minimum Gasteiger partial charge on any atom is -0.429 e. The Labute approximate surface area is 133 Å². The summed E-state index contributed by atoms with van der Waals surface area (Å²) in [4.78, 5) is 14.3. The zero-order chi connectivity index (χ0) is 15.6. The van der Waals surface area contributed by atoms with Gasteiger partial charge < -0.3 is 10.2 Å². The molecule has 2 rings (SSSR count). The number of halogens is 3. The van der Waals surface area contributed by atoms with Crippen molar-refractivity contribution in [2.75, 3.05) is 5.43 Å². The SMILES string of the molecule is NNc1nc(Oc2c(Cl)cccc2[N+](=O)[O-])c(Cl)cc1Cl. The van der Waals surface area contributed by atoms with Gasteiger partial charge in [0.15, 0.2) is 5.82 Å². The van der Waals surface area contributed by atoms with Gasteiger partial charge in [-0.05, 0) is 12.1 Å². The first-order chi connectivity index (χ1) is 9.93. The molecule has 0 atom stereocenters. The molecule has 10 heteroatoms. The molecule has 0 saturated carbocycles. The second kappa shape index (κ2) is 6.31. The van der Waals surface area contributed by atoms with Gasteiger partial charge in [-0.25, -0.2) is 5.84 Å². The number of nitrogen functional groups attached to an aromatic ring is 1. The zero-order valence-corrected chi connectivity index (χ0v) is 12.4. The maximum absolute atomic E-state index is 11.0. The smallest absolute Gasteiger partial charge is 0.313 e. The maximum atomic E-state index is 11.0. The Kier molecular flexibility index (Phi) is 4.69. The van der Waals surface area contributed by atoms with Gasteiger partial charge in [-0.1, -0.05) is 40.9 Å². The van der Waals surface area contributed by atoms with E-state index in [1.54, 1.807) is 0 Å². The third-order valence-electron chi connectivity index (χ3n) is 2.38. The number of hydrazine groups is 1. The number of nitrogens with zero attached hydrogens (tertiary/aromatic N) is 2. The predicted molar refractivity (Wildman–Crippen MR) is 80.2 cm³/mol. The molecule has 1 aromatic carbocycles. The predicted octanol–water partition coefficient (Wildman–Crippen LogP) is 4.03. The van der Waals surface area contributed by atoms with Crippen LogP contribution >= 0.6 is 34.8 Å². The molecule has 1 heterocycles. The molecule has 2 aromatic rings. The zero-order valence-electron chi connectivity index (χ0n) is 10.1. The molecule has 0 aliphatic heterocycles. The highest BCUT2D eigenvalue weighted by atomic mass is 35.5. The van der Waals surface area contributed by atoms with Crippen LogP contribution in [-0.2, 0) is 0 Å². The quantitative estimate of drug-likeness (QED) is 0.491. The monoisotopic (exact) mass is 348 g/mol. The number of rotatable bonds is 4. The molecule has 1 aromatic heterocycles. The average Bonchev–Trinajstić information content (AvgIpc) is 2.43. The van der Waals surface area contributed by atoms with E-state index in [0.717, 1.165) is 0 Å². The minimum atomic E-state index is -0.632. The maximum Gasteiger partial charge on any atom is 0.313 e. The molecule has 0 aliphatic carbocycles. The molecule has 0 spiro atoms. The van der Waals surface area contributed by atoms with E-state index in [1.807, 2.05) is 0 Å². The highest BCUT2D eigenvalue weighted by Gasteiger charge is 2.21. The topological polar surface area (TPSA) is 103 Å². The van der Waals surface area contributed by atoms with Crippen molar-refractivity contribution in [3.8, 4) is 11.6 Å².